The van der Waals surface area contributed by atoms with Gasteiger partial charge in [-0.3, -0.25) is 0 Å². The van der Waals surface area contributed by atoms with Crippen LogP contribution in [-0.2, 0) is 12.6 Å². The smallest absolute Gasteiger partial charge is 0.370 e. The van der Waals surface area contributed by atoms with Gasteiger partial charge in [0, 0.05) is 22.6 Å². The van der Waals surface area contributed by atoms with Crippen LogP contribution in [0, 0.1) is 0 Å². The van der Waals surface area contributed by atoms with Crippen LogP contribution in [0.5, 0.6) is 0 Å². The van der Waals surface area contributed by atoms with E-state index in [-0.39, 0.29) is 5.69 Å². The highest BCUT2D eigenvalue weighted by Gasteiger charge is 2.35. The molecule has 2 aromatic carbocycles. The minimum atomic E-state index is -4.45. The van der Waals surface area contributed by atoms with Gasteiger partial charge in [0.25, 0.3) is 0 Å². The SMILES string of the molecule is CSc1ccccc1-c1nn(-c2ccccc2C(F)(F)F)c2c1CCCCN2. The van der Waals surface area contributed by atoms with Gasteiger partial charge in [-0.15, -0.1) is 11.8 Å². The van der Waals surface area contributed by atoms with Crippen molar-refractivity contribution in [2.75, 3.05) is 18.1 Å². The van der Waals surface area contributed by atoms with Gasteiger partial charge in [0.1, 0.15) is 5.82 Å². The lowest BCUT2D eigenvalue weighted by molar-refractivity contribution is -0.137. The second kappa shape index (κ2) is 7.54. The zero-order chi connectivity index (χ0) is 19.7. The summed E-state index contributed by atoms with van der Waals surface area (Å²) in [6, 6.07) is 13.5. The molecular formula is C21H20F3N3S. The lowest BCUT2D eigenvalue weighted by atomic mass is 10.0. The summed E-state index contributed by atoms with van der Waals surface area (Å²) in [5.41, 5.74) is 2.06. The molecule has 0 spiro atoms. The molecule has 1 aliphatic heterocycles. The maximum absolute atomic E-state index is 13.6. The van der Waals surface area contributed by atoms with E-state index in [0.29, 0.717) is 5.82 Å². The molecular weight excluding hydrogens is 383 g/mol. The Bertz CT molecular complexity index is 995. The van der Waals surface area contributed by atoms with Crippen LogP contribution in [0.1, 0.15) is 24.0 Å². The number of thioether (sulfide) groups is 1. The average molecular weight is 403 g/mol. The summed E-state index contributed by atoms with van der Waals surface area (Å²) in [6.45, 7) is 0.719. The van der Waals surface area contributed by atoms with Crippen molar-refractivity contribution in [2.45, 2.75) is 30.3 Å². The number of fused-ring (bicyclic) bond motifs is 1. The Kier molecular flexibility index (Phi) is 5.10. The summed E-state index contributed by atoms with van der Waals surface area (Å²) in [4.78, 5) is 1.06. The number of anilines is 1. The first-order valence-electron chi connectivity index (χ1n) is 9.16. The van der Waals surface area contributed by atoms with Crippen LogP contribution in [0.4, 0.5) is 19.0 Å². The first kappa shape index (κ1) is 18.9. The minimum Gasteiger partial charge on any atom is -0.370 e. The highest BCUT2D eigenvalue weighted by Crippen LogP contribution is 2.40. The summed E-state index contributed by atoms with van der Waals surface area (Å²) in [5, 5.41) is 8.02. The van der Waals surface area contributed by atoms with Crippen LogP contribution in [0.15, 0.2) is 53.4 Å². The predicted molar refractivity (Wildman–Crippen MR) is 107 cm³/mol. The van der Waals surface area contributed by atoms with Crippen LogP contribution in [0.2, 0.25) is 0 Å². The number of aromatic nitrogens is 2. The summed E-state index contributed by atoms with van der Waals surface area (Å²) in [7, 11) is 0. The maximum Gasteiger partial charge on any atom is 0.418 e. The standard InChI is InChI=1S/C21H20F3N3S/c1-28-18-12-5-2-8-14(18)19-15-9-6-7-13-25-20(15)27(26-19)17-11-4-3-10-16(17)21(22,23)24/h2-5,8,10-12,25H,6-7,9,13H2,1H3. The maximum atomic E-state index is 13.6. The molecule has 0 unspecified atom stereocenters. The van der Waals surface area contributed by atoms with E-state index in [1.807, 2.05) is 30.5 Å². The van der Waals surface area contributed by atoms with Crippen molar-refractivity contribution >= 4 is 17.6 Å². The second-order valence-electron chi connectivity index (χ2n) is 6.69. The van der Waals surface area contributed by atoms with E-state index >= 15 is 0 Å². The summed E-state index contributed by atoms with van der Waals surface area (Å²) >= 11 is 1.61. The number of hydrogen-bond donors (Lipinski definition) is 1. The Hall–Kier alpha value is -2.41. The number of nitrogens with zero attached hydrogens (tertiary/aromatic N) is 2. The van der Waals surface area contributed by atoms with Gasteiger partial charge < -0.3 is 5.32 Å². The molecule has 0 amide bonds. The number of hydrogen-bond acceptors (Lipinski definition) is 3. The molecule has 4 rings (SSSR count). The molecule has 146 valence electrons. The number of halogens is 3. The zero-order valence-electron chi connectivity index (χ0n) is 15.4. The van der Waals surface area contributed by atoms with Gasteiger partial charge in [0.05, 0.1) is 16.9 Å². The molecule has 0 aliphatic carbocycles. The van der Waals surface area contributed by atoms with E-state index in [2.05, 4.69) is 5.32 Å². The molecule has 0 saturated carbocycles. The van der Waals surface area contributed by atoms with Crippen LogP contribution < -0.4 is 5.32 Å². The molecule has 7 heteroatoms. The van der Waals surface area contributed by atoms with E-state index in [4.69, 9.17) is 5.10 Å². The van der Waals surface area contributed by atoms with Gasteiger partial charge in [-0.25, -0.2) is 4.68 Å². The summed E-state index contributed by atoms with van der Waals surface area (Å²) in [5.74, 6) is 0.667. The van der Waals surface area contributed by atoms with Gasteiger partial charge in [-0.1, -0.05) is 30.3 Å². The number of benzene rings is 2. The van der Waals surface area contributed by atoms with Crippen molar-refractivity contribution in [2.24, 2.45) is 0 Å². The Morgan fingerprint density at radius 2 is 1.79 bits per heavy atom. The van der Waals surface area contributed by atoms with Gasteiger partial charge in [-0.2, -0.15) is 18.3 Å². The Balaban J connectivity index is 1.97. The Morgan fingerprint density at radius 3 is 2.57 bits per heavy atom. The van der Waals surface area contributed by atoms with Gasteiger partial charge in [0.2, 0.25) is 0 Å². The van der Waals surface area contributed by atoms with E-state index in [9.17, 15) is 13.2 Å². The lowest BCUT2D eigenvalue weighted by Crippen LogP contribution is -2.14. The van der Waals surface area contributed by atoms with Crippen LogP contribution in [0.3, 0.4) is 0 Å². The van der Waals surface area contributed by atoms with Crippen molar-refractivity contribution in [3.8, 4) is 16.9 Å². The third-order valence-corrected chi connectivity index (χ3v) is 5.73. The summed E-state index contributed by atoms with van der Waals surface area (Å²) in [6.07, 6.45) is 0.276. The van der Waals surface area contributed by atoms with Crippen molar-refractivity contribution < 1.29 is 13.2 Å². The third kappa shape index (κ3) is 3.39. The normalized spacial score (nSPS) is 14.3. The highest BCUT2D eigenvalue weighted by atomic mass is 32.2. The number of para-hydroxylation sites is 1. The first-order chi connectivity index (χ1) is 13.5. The largest absolute Gasteiger partial charge is 0.418 e. The Labute approximate surface area is 166 Å². The van der Waals surface area contributed by atoms with Crippen molar-refractivity contribution in [1.29, 1.82) is 0 Å². The molecule has 1 N–H and O–H groups in total. The summed E-state index contributed by atoms with van der Waals surface area (Å²) < 4.78 is 42.3. The van der Waals surface area contributed by atoms with Gasteiger partial charge in [0.15, 0.2) is 0 Å². The fourth-order valence-electron chi connectivity index (χ4n) is 3.63. The molecule has 3 nitrogen and oxygen atoms in total. The highest BCUT2D eigenvalue weighted by molar-refractivity contribution is 7.98. The van der Waals surface area contributed by atoms with E-state index in [1.165, 1.54) is 16.8 Å². The van der Waals surface area contributed by atoms with Crippen molar-refractivity contribution in [3.05, 3.63) is 59.7 Å². The van der Waals surface area contributed by atoms with Crippen LogP contribution in [-0.4, -0.2) is 22.6 Å². The molecule has 3 aromatic rings. The Morgan fingerprint density at radius 1 is 1.04 bits per heavy atom. The van der Waals surface area contributed by atoms with E-state index < -0.39 is 11.7 Å². The van der Waals surface area contributed by atoms with Gasteiger partial charge >= 0.3 is 6.18 Å². The fraction of sp³-hybridized carbons (Fsp3) is 0.286. The molecule has 0 fully saturated rings. The predicted octanol–water partition coefficient (Wildman–Crippen LogP) is 6.03. The molecule has 0 bridgehead atoms. The first-order valence-corrected chi connectivity index (χ1v) is 10.4. The van der Waals surface area contributed by atoms with Crippen molar-refractivity contribution in [3.63, 3.8) is 0 Å². The lowest BCUT2D eigenvalue weighted by Gasteiger charge is -2.15. The van der Waals surface area contributed by atoms with Crippen LogP contribution in [0.25, 0.3) is 16.9 Å². The number of rotatable bonds is 3. The topological polar surface area (TPSA) is 29.9 Å². The monoisotopic (exact) mass is 403 g/mol. The van der Waals surface area contributed by atoms with Crippen molar-refractivity contribution in [1.82, 2.24) is 9.78 Å². The molecule has 0 saturated heterocycles. The average Bonchev–Trinajstić information content (AvgIpc) is 2.87. The van der Waals surface area contributed by atoms with Crippen LogP contribution >= 0.6 is 11.8 Å². The molecule has 28 heavy (non-hydrogen) atoms. The van der Waals surface area contributed by atoms with E-state index in [1.54, 1.807) is 17.8 Å². The third-order valence-electron chi connectivity index (χ3n) is 4.93. The minimum absolute atomic E-state index is 0.0496. The molecule has 1 aromatic heterocycles. The number of nitrogens with one attached hydrogen (secondary N) is 1. The fourth-order valence-corrected chi connectivity index (χ4v) is 4.23. The molecule has 2 heterocycles. The quantitative estimate of drug-likeness (QED) is 0.542. The number of alkyl halides is 3. The molecule has 1 aliphatic rings. The molecule has 0 atom stereocenters. The van der Waals surface area contributed by atoms with E-state index in [0.717, 1.165) is 53.6 Å². The second-order valence-corrected chi connectivity index (χ2v) is 7.53. The zero-order valence-corrected chi connectivity index (χ0v) is 16.2. The molecule has 0 radical (unpaired) electrons. The van der Waals surface area contributed by atoms with Gasteiger partial charge in [-0.05, 0) is 43.7 Å².